The van der Waals surface area contributed by atoms with E-state index in [-0.39, 0.29) is 22.0 Å². The molecule has 1 aliphatic rings. The van der Waals surface area contributed by atoms with E-state index in [1.807, 2.05) is 0 Å². The Labute approximate surface area is 157 Å². The van der Waals surface area contributed by atoms with Gasteiger partial charge in [-0.3, -0.25) is 0 Å². The van der Waals surface area contributed by atoms with Gasteiger partial charge in [-0.05, 0) is 60.3 Å². The van der Waals surface area contributed by atoms with E-state index in [9.17, 15) is 5.11 Å². The second-order valence-corrected chi connectivity index (χ2v) is 13.5. The van der Waals surface area contributed by atoms with Crippen molar-refractivity contribution in [2.45, 2.75) is 91.4 Å². The van der Waals surface area contributed by atoms with Crippen LogP contribution in [0.15, 0.2) is 18.2 Å². The Morgan fingerprint density at radius 3 is 2.28 bits per heavy atom. The maximum atomic E-state index is 11.1. The lowest BCUT2D eigenvalue weighted by Crippen LogP contribution is -2.42. The summed E-state index contributed by atoms with van der Waals surface area (Å²) >= 11 is 0. The minimum atomic E-state index is -0.640. The first-order chi connectivity index (χ1) is 11.3. The molecule has 25 heavy (non-hydrogen) atoms. The van der Waals surface area contributed by atoms with Crippen LogP contribution >= 0.6 is 0 Å². The molecule has 1 aromatic carbocycles. The number of hydrogen-bond donors (Lipinski definition) is 1. The largest absolute Gasteiger partial charge is 0.418 e. The fourth-order valence-electron chi connectivity index (χ4n) is 3.79. The molecular formula is C22H38O2Si. The second-order valence-electron chi connectivity index (χ2n) is 10.8. The highest BCUT2D eigenvalue weighted by molar-refractivity contribution is 6.31. The second kappa shape index (κ2) is 7.17. The molecule has 0 aromatic heterocycles. The number of rotatable bonds is 4. The predicted octanol–water partition coefficient (Wildman–Crippen LogP) is 4.97. The van der Waals surface area contributed by atoms with E-state index in [1.54, 1.807) is 0 Å². The van der Waals surface area contributed by atoms with Gasteiger partial charge in [-0.1, -0.05) is 59.7 Å². The number of aliphatic hydroxyl groups excluding tert-OH is 1. The molecule has 0 saturated heterocycles. The summed E-state index contributed by atoms with van der Waals surface area (Å²) in [6.07, 6.45) is 2.65. The van der Waals surface area contributed by atoms with Gasteiger partial charge in [0.25, 0.3) is 0 Å². The summed E-state index contributed by atoms with van der Waals surface area (Å²) in [6.45, 7) is 17.9. The third kappa shape index (κ3) is 5.67. The van der Waals surface area contributed by atoms with Crippen molar-refractivity contribution in [3.8, 4) is 0 Å². The fourth-order valence-corrected chi connectivity index (χ4v) is 4.81. The van der Waals surface area contributed by atoms with Crippen LogP contribution in [0.25, 0.3) is 0 Å². The lowest BCUT2D eigenvalue weighted by molar-refractivity contribution is -0.0400. The monoisotopic (exact) mass is 362 g/mol. The molecule has 2 unspecified atom stereocenters. The molecule has 2 nitrogen and oxygen atoms in total. The minimum absolute atomic E-state index is 0.166. The lowest BCUT2D eigenvalue weighted by Gasteiger charge is -2.42. The Morgan fingerprint density at radius 1 is 1.08 bits per heavy atom. The van der Waals surface area contributed by atoms with Crippen LogP contribution in [0.5, 0.6) is 0 Å². The molecule has 1 N–H and O–H groups in total. The van der Waals surface area contributed by atoms with Crippen molar-refractivity contribution >= 4 is 9.76 Å². The van der Waals surface area contributed by atoms with Crippen molar-refractivity contribution in [3.05, 3.63) is 34.9 Å². The number of fused-ring (bicyclic) bond motifs is 1. The van der Waals surface area contributed by atoms with Gasteiger partial charge in [0.05, 0.1) is 11.7 Å². The van der Waals surface area contributed by atoms with Gasteiger partial charge in [0, 0.05) is 5.92 Å². The zero-order valence-corrected chi connectivity index (χ0v) is 19.0. The summed E-state index contributed by atoms with van der Waals surface area (Å²) in [5.41, 5.74) is 3.76. The molecule has 1 aromatic rings. The van der Waals surface area contributed by atoms with E-state index in [0.29, 0.717) is 0 Å². The molecule has 2 atom stereocenters. The van der Waals surface area contributed by atoms with Gasteiger partial charge in [-0.2, -0.15) is 0 Å². The van der Waals surface area contributed by atoms with Crippen LogP contribution in [-0.2, 0) is 17.3 Å². The average molecular weight is 363 g/mol. The Hall–Kier alpha value is -0.643. The van der Waals surface area contributed by atoms with E-state index in [2.05, 4.69) is 73.6 Å². The molecule has 0 radical (unpaired) electrons. The summed E-state index contributed by atoms with van der Waals surface area (Å²) < 4.78 is 6.41. The molecule has 1 aliphatic carbocycles. The molecule has 0 spiro atoms. The predicted molar refractivity (Wildman–Crippen MR) is 110 cm³/mol. The van der Waals surface area contributed by atoms with Crippen LogP contribution in [0.3, 0.4) is 0 Å². The summed E-state index contributed by atoms with van der Waals surface area (Å²) in [5.74, 6) is 0.166. The van der Waals surface area contributed by atoms with Gasteiger partial charge in [-0.25, -0.2) is 0 Å². The van der Waals surface area contributed by atoms with Crippen LogP contribution in [0.1, 0.15) is 84.6 Å². The Balaban J connectivity index is 2.21. The van der Waals surface area contributed by atoms with Crippen molar-refractivity contribution in [2.24, 2.45) is 11.3 Å². The number of benzene rings is 1. The number of aliphatic hydroxyl groups is 1. The first-order valence-electron chi connectivity index (χ1n) is 9.72. The summed E-state index contributed by atoms with van der Waals surface area (Å²) in [6, 6.07) is 6.72. The van der Waals surface area contributed by atoms with Crippen LogP contribution in [0, 0.1) is 11.3 Å². The molecule has 2 rings (SSSR count). The van der Waals surface area contributed by atoms with E-state index < -0.39 is 15.9 Å². The first-order valence-corrected chi connectivity index (χ1v) is 11.0. The summed E-state index contributed by atoms with van der Waals surface area (Å²) in [5, 5.41) is 11.4. The zero-order chi connectivity index (χ0) is 19.0. The van der Waals surface area contributed by atoms with E-state index in [4.69, 9.17) is 4.43 Å². The van der Waals surface area contributed by atoms with Crippen molar-refractivity contribution in [3.63, 3.8) is 0 Å². The van der Waals surface area contributed by atoms with Gasteiger partial charge in [-0.15, -0.1) is 0 Å². The topological polar surface area (TPSA) is 29.5 Å². The Bertz CT molecular complexity index is 593. The summed E-state index contributed by atoms with van der Waals surface area (Å²) in [4.78, 5) is 0. The lowest BCUT2D eigenvalue weighted by atomic mass is 9.73. The van der Waals surface area contributed by atoms with E-state index in [1.165, 1.54) is 11.1 Å². The smallest absolute Gasteiger partial charge is 0.167 e. The third-order valence-corrected chi connectivity index (χ3v) is 6.89. The van der Waals surface area contributed by atoms with Crippen molar-refractivity contribution in [1.29, 1.82) is 0 Å². The van der Waals surface area contributed by atoms with Crippen molar-refractivity contribution < 1.29 is 9.53 Å². The molecule has 3 heteroatoms. The highest BCUT2D eigenvalue weighted by atomic mass is 28.2. The third-order valence-electron chi connectivity index (χ3n) is 5.14. The Morgan fingerprint density at radius 2 is 1.72 bits per heavy atom. The van der Waals surface area contributed by atoms with E-state index >= 15 is 0 Å². The normalized spacial score (nSPS) is 22.4. The molecule has 0 aliphatic heterocycles. The van der Waals surface area contributed by atoms with Gasteiger partial charge in [0.2, 0.25) is 0 Å². The fraction of sp³-hybridized carbons (Fsp3) is 0.727. The molecule has 0 bridgehead atoms. The molecular weight excluding hydrogens is 324 g/mol. The molecule has 0 amide bonds. The van der Waals surface area contributed by atoms with Gasteiger partial charge in [0.1, 0.15) is 0 Å². The minimum Gasteiger partial charge on any atom is -0.418 e. The SMILES string of the molecule is CC(C)(C)Cc1ccc2c(c1)C(O)C(C(C)(C)O[SiH2]C(C)(C)C)CC2. The zero-order valence-electron chi connectivity index (χ0n) is 17.6. The maximum Gasteiger partial charge on any atom is 0.167 e. The summed E-state index contributed by atoms with van der Waals surface area (Å²) in [7, 11) is -0.640. The number of hydrogen-bond acceptors (Lipinski definition) is 2. The van der Waals surface area contributed by atoms with Gasteiger partial charge >= 0.3 is 0 Å². The van der Waals surface area contributed by atoms with E-state index in [0.717, 1.165) is 24.8 Å². The number of aryl methyl sites for hydroxylation is 1. The van der Waals surface area contributed by atoms with Crippen LogP contribution in [0.2, 0.25) is 5.04 Å². The molecule has 0 fully saturated rings. The van der Waals surface area contributed by atoms with Gasteiger partial charge in [0.15, 0.2) is 9.76 Å². The highest BCUT2D eigenvalue weighted by Gasteiger charge is 2.40. The van der Waals surface area contributed by atoms with Crippen molar-refractivity contribution in [1.82, 2.24) is 0 Å². The standard InChI is InChI=1S/C22H38O2Si/c1-20(2,3)14-15-9-10-16-11-12-18(19(23)17(16)13-15)22(7,8)24-25-21(4,5)6/h9-10,13,18-19,23H,11-12,14,25H2,1-8H3. The molecule has 0 heterocycles. The van der Waals surface area contributed by atoms with Gasteiger partial charge < -0.3 is 9.53 Å². The molecule has 142 valence electrons. The van der Waals surface area contributed by atoms with Crippen molar-refractivity contribution in [2.75, 3.05) is 0 Å². The van der Waals surface area contributed by atoms with Crippen LogP contribution < -0.4 is 0 Å². The quantitative estimate of drug-likeness (QED) is 0.766. The Kier molecular flexibility index (Phi) is 5.93. The average Bonchev–Trinajstić information content (AvgIpc) is 2.44. The van der Waals surface area contributed by atoms with Crippen LogP contribution in [-0.4, -0.2) is 20.5 Å². The molecule has 0 saturated carbocycles. The highest BCUT2D eigenvalue weighted by Crippen LogP contribution is 2.43. The van der Waals surface area contributed by atoms with Crippen LogP contribution in [0.4, 0.5) is 0 Å². The first kappa shape index (κ1) is 20.7. The maximum absolute atomic E-state index is 11.1.